The highest BCUT2D eigenvalue weighted by Gasteiger charge is 2.36. The lowest BCUT2D eigenvalue weighted by molar-refractivity contribution is -0.140. The van der Waals surface area contributed by atoms with Crippen molar-refractivity contribution in [3.63, 3.8) is 0 Å². The number of sulfonamides is 1. The van der Waals surface area contributed by atoms with Crippen molar-refractivity contribution in [3.8, 4) is 5.75 Å². The van der Waals surface area contributed by atoms with Crippen LogP contribution in [0, 0.1) is 0 Å². The molecular formula is C35H36Cl3N3O5S. The van der Waals surface area contributed by atoms with E-state index in [2.05, 4.69) is 5.32 Å². The zero-order valence-corrected chi connectivity index (χ0v) is 29.5. The lowest BCUT2D eigenvalue weighted by atomic mass is 10.0. The van der Waals surface area contributed by atoms with Crippen LogP contribution in [0.5, 0.6) is 5.75 Å². The molecular weight excluding hydrogens is 681 g/mol. The second-order valence-electron chi connectivity index (χ2n) is 11.8. The lowest BCUT2D eigenvalue weighted by Crippen LogP contribution is -2.56. The topological polar surface area (TPSA) is 96.0 Å². The van der Waals surface area contributed by atoms with Crippen molar-refractivity contribution < 1.29 is 22.7 Å². The summed E-state index contributed by atoms with van der Waals surface area (Å²) in [4.78, 5) is 29.9. The zero-order chi connectivity index (χ0) is 34.4. The quantitative estimate of drug-likeness (QED) is 0.165. The number of carbonyl (C=O) groups excluding carboxylic acids is 2. The first-order valence-electron chi connectivity index (χ1n) is 14.7. The minimum Gasteiger partial charge on any atom is -0.497 e. The maximum Gasteiger partial charge on any atom is 0.264 e. The Kier molecular flexibility index (Phi) is 11.8. The van der Waals surface area contributed by atoms with Gasteiger partial charge in [-0.05, 0) is 80.9 Å². The van der Waals surface area contributed by atoms with Crippen LogP contribution >= 0.6 is 34.8 Å². The van der Waals surface area contributed by atoms with Gasteiger partial charge in [-0.3, -0.25) is 13.9 Å². The summed E-state index contributed by atoms with van der Waals surface area (Å²) in [5, 5.41) is 3.85. The van der Waals surface area contributed by atoms with Crippen molar-refractivity contribution in [2.24, 2.45) is 0 Å². The van der Waals surface area contributed by atoms with Crippen LogP contribution in [0.1, 0.15) is 31.9 Å². The summed E-state index contributed by atoms with van der Waals surface area (Å²) in [6, 6.07) is 25.2. The Labute approximate surface area is 291 Å². The van der Waals surface area contributed by atoms with Gasteiger partial charge in [0.05, 0.1) is 17.7 Å². The van der Waals surface area contributed by atoms with Crippen LogP contribution in [0.4, 0.5) is 5.69 Å². The number of ether oxygens (including phenoxy) is 1. The van der Waals surface area contributed by atoms with Crippen LogP contribution in [0.2, 0.25) is 15.1 Å². The van der Waals surface area contributed by atoms with E-state index in [1.165, 1.54) is 42.3 Å². The van der Waals surface area contributed by atoms with E-state index in [0.29, 0.717) is 21.4 Å². The van der Waals surface area contributed by atoms with Gasteiger partial charge in [0.2, 0.25) is 11.8 Å². The Bertz CT molecular complexity index is 1790. The molecule has 0 unspecified atom stereocenters. The molecule has 4 aromatic carbocycles. The summed E-state index contributed by atoms with van der Waals surface area (Å²) in [6.45, 7) is 4.68. The van der Waals surface area contributed by atoms with Crippen LogP contribution in [0.15, 0.2) is 102 Å². The standard InChI is InChI=1S/C35H36Cl3N3O5S/c1-35(2,3)39-34(43)32(20-24-10-6-5-7-11-24)40(22-29-30(37)14-9-15-31(29)38)33(42)23-41(26-13-8-12-25(36)21-26)47(44,45)28-18-16-27(46-4)17-19-28/h5-19,21,32H,20,22-23H2,1-4H3,(H,39,43)/t32-/m1/s1. The minimum atomic E-state index is -4.33. The Morgan fingerprint density at radius 1 is 0.851 bits per heavy atom. The van der Waals surface area contributed by atoms with Crippen molar-refractivity contribution in [1.82, 2.24) is 10.2 Å². The Hall–Kier alpha value is -3.76. The van der Waals surface area contributed by atoms with Crippen LogP contribution in [0.3, 0.4) is 0 Å². The average Bonchev–Trinajstić information content (AvgIpc) is 3.02. The molecule has 2 amide bonds. The van der Waals surface area contributed by atoms with Gasteiger partial charge < -0.3 is 15.0 Å². The predicted octanol–water partition coefficient (Wildman–Crippen LogP) is 7.41. The van der Waals surface area contributed by atoms with Gasteiger partial charge in [0.25, 0.3) is 10.0 Å². The van der Waals surface area contributed by atoms with Gasteiger partial charge >= 0.3 is 0 Å². The first-order chi connectivity index (χ1) is 22.2. The number of benzene rings is 4. The van der Waals surface area contributed by atoms with Gasteiger partial charge in [-0.25, -0.2) is 8.42 Å². The SMILES string of the molecule is COc1ccc(S(=O)(=O)N(CC(=O)N(Cc2c(Cl)cccc2Cl)[C@H](Cc2ccccc2)C(=O)NC(C)(C)C)c2cccc(Cl)c2)cc1. The van der Waals surface area contributed by atoms with Crippen LogP contribution in [0.25, 0.3) is 0 Å². The van der Waals surface area contributed by atoms with Gasteiger partial charge in [0.1, 0.15) is 18.3 Å². The third kappa shape index (κ3) is 9.41. The Balaban J connectivity index is 1.85. The largest absolute Gasteiger partial charge is 0.497 e. The molecule has 47 heavy (non-hydrogen) atoms. The summed E-state index contributed by atoms with van der Waals surface area (Å²) in [5.74, 6) is -0.626. The lowest BCUT2D eigenvalue weighted by Gasteiger charge is -2.35. The van der Waals surface area contributed by atoms with E-state index in [9.17, 15) is 18.0 Å². The fourth-order valence-corrected chi connectivity index (χ4v) is 7.00. The summed E-state index contributed by atoms with van der Waals surface area (Å²) >= 11 is 19.4. The molecule has 0 saturated carbocycles. The number of nitrogens with zero attached hydrogens (tertiary/aromatic N) is 2. The number of carbonyl (C=O) groups is 2. The van der Waals surface area contributed by atoms with E-state index in [1.807, 2.05) is 51.1 Å². The summed E-state index contributed by atoms with van der Waals surface area (Å²) in [5.41, 5.74) is 0.740. The molecule has 0 radical (unpaired) electrons. The Morgan fingerprint density at radius 3 is 2.04 bits per heavy atom. The van der Waals surface area contributed by atoms with E-state index in [1.54, 1.807) is 36.4 Å². The van der Waals surface area contributed by atoms with Gasteiger partial charge in [-0.1, -0.05) is 77.3 Å². The van der Waals surface area contributed by atoms with Crippen molar-refractivity contribution in [3.05, 3.63) is 123 Å². The van der Waals surface area contributed by atoms with E-state index in [0.717, 1.165) is 9.87 Å². The molecule has 0 fully saturated rings. The maximum atomic E-state index is 14.6. The molecule has 0 aliphatic rings. The van der Waals surface area contributed by atoms with Crippen molar-refractivity contribution in [1.29, 1.82) is 0 Å². The number of rotatable bonds is 12. The smallest absolute Gasteiger partial charge is 0.264 e. The summed E-state index contributed by atoms with van der Waals surface area (Å²) in [6.07, 6.45) is 0.138. The molecule has 8 nitrogen and oxygen atoms in total. The molecule has 12 heteroatoms. The number of nitrogens with one attached hydrogen (secondary N) is 1. The molecule has 0 spiro atoms. The highest BCUT2D eigenvalue weighted by atomic mass is 35.5. The van der Waals surface area contributed by atoms with E-state index < -0.39 is 40.0 Å². The molecule has 0 aromatic heterocycles. The number of hydrogen-bond donors (Lipinski definition) is 1. The van der Waals surface area contributed by atoms with E-state index >= 15 is 0 Å². The normalized spacial score (nSPS) is 12.2. The first kappa shape index (κ1) is 36.1. The highest BCUT2D eigenvalue weighted by Crippen LogP contribution is 2.30. The number of methoxy groups -OCH3 is 1. The van der Waals surface area contributed by atoms with Crippen molar-refractivity contribution in [2.45, 2.75) is 50.2 Å². The van der Waals surface area contributed by atoms with Gasteiger partial charge in [-0.15, -0.1) is 0 Å². The zero-order valence-electron chi connectivity index (χ0n) is 26.4. The number of amides is 2. The van der Waals surface area contributed by atoms with Crippen molar-refractivity contribution >= 4 is 62.3 Å². The second kappa shape index (κ2) is 15.4. The predicted molar refractivity (Wildman–Crippen MR) is 188 cm³/mol. The van der Waals surface area contributed by atoms with Crippen molar-refractivity contribution in [2.75, 3.05) is 18.0 Å². The van der Waals surface area contributed by atoms with Gasteiger partial charge in [0, 0.05) is 39.1 Å². The van der Waals surface area contributed by atoms with E-state index in [4.69, 9.17) is 39.5 Å². The fourth-order valence-electron chi connectivity index (χ4n) is 4.90. The van der Waals surface area contributed by atoms with Gasteiger partial charge in [0.15, 0.2) is 0 Å². The average molecular weight is 717 g/mol. The molecule has 248 valence electrons. The van der Waals surface area contributed by atoms with Crippen LogP contribution in [-0.2, 0) is 32.6 Å². The molecule has 1 N–H and O–H groups in total. The molecule has 4 rings (SSSR count). The third-order valence-electron chi connectivity index (χ3n) is 7.18. The number of halogens is 3. The highest BCUT2D eigenvalue weighted by molar-refractivity contribution is 7.92. The summed E-state index contributed by atoms with van der Waals surface area (Å²) in [7, 11) is -2.85. The number of anilines is 1. The molecule has 4 aromatic rings. The maximum absolute atomic E-state index is 14.6. The third-order valence-corrected chi connectivity index (χ3v) is 9.91. The second-order valence-corrected chi connectivity index (χ2v) is 14.9. The Morgan fingerprint density at radius 2 is 1.47 bits per heavy atom. The van der Waals surface area contributed by atoms with E-state index in [-0.39, 0.29) is 28.6 Å². The molecule has 0 saturated heterocycles. The monoisotopic (exact) mass is 715 g/mol. The fraction of sp³-hybridized carbons (Fsp3) is 0.257. The van der Waals surface area contributed by atoms with Crippen LogP contribution in [-0.4, -0.2) is 50.4 Å². The molecule has 0 aliphatic heterocycles. The molecule has 0 aliphatic carbocycles. The van der Waals surface area contributed by atoms with Crippen LogP contribution < -0.4 is 14.4 Å². The summed E-state index contributed by atoms with van der Waals surface area (Å²) < 4.78 is 34.6. The molecule has 0 bridgehead atoms. The number of hydrogen-bond acceptors (Lipinski definition) is 5. The van der Waals surface area contributed by atoms with Gasteiger partial charge in [-0.2, -0.15) is 0 Å². The molecule has 1 atom stereocenters. The molecule has 0 heterocycles. The minimum absolute atomic E-state index is 0.0712. The first-order valence-corrected chi connectivity index (χ1v) is 17.3.